The molecular weight excluding hydrogens is 160 g/mol. The van der Waals surface area contributed by atoms with Gasteiger partial charge in [0.05, 0.1) is 12.9 Å². The van der Waals surface area contributed by atoms with Crippen molar-refractivity contribution in [2.45, 2.75) is 25.6 Å². The van der Waals surface area contributed by atoms with Crippen LogP contribution in [-0.4, -0.2) is 35.1 Å². The third-order valence-electron chi connectivity index (χ3n) is 2.16. The van der Waals surface area contributed by atoms with E-state index >= 15 is 0 Å². The molecule has 5 nitrogen and oxygen atoms in total. The van der Waals surface area contributed by atoms with E-state index in [1.807, 2.05) is 6.92 Å². The fourth-order valence-electron chi connectivity index (χ4n) is 1.52. The van der Waals surface area contributed by atoms with Gasteiger partial charge in [0.2, 0.25) is 0 Å². The Labute approximate surface area is 70.8 Å². The second-order valence-electron chi connectivity index (χ2n) is 3.11. The van der Waals surface area contributed by atoms with Gasteiger partial charge >= 0.3 is 5.97 Å². The van der Waals surface area contributed by atoms with Crippen LogP contribution in [0.15, 0.2) is 0 Å². The van der Waals surface area contributed by atoms with Gasteiger partial charge in [0, 0.05) is 0 Å². The van der Waals surface area contributed by atoms with E-state index in [4.69, 9.17) is 10.2 Å². The molecule has 0 aromatic carbocycles. The number of carboxylic acid groups (broad SMARTS) is 1. The van der Waals surface area contributed by atoms with E-state index in [2.05, 4.69) is 10.6 Å². The van der Waals surface area contributed by atoms with Gasteiger partial charge in [0.15, 0.2) is 0 Å². The van der Waals surface area contributed by atoms with Crippen molar-refractivity contribution in [3.63, 3.8) is 0 Å². The zero-order valence-corrected chi connectivity index (χ0v) is 6.95. The summed E-state index contributed by atoms with van der Waals surface area (Å²) < 4.78 is 0. The Morgan fingerprint density at radius 1 is 1.75 bits per heavy atom. The Bertz CT molecular complexity index is 174. The summed E-state index contributed by atoms with van der Waals surface area (Å²) in [5.74, 6) is -0.726. The van der Waals surface area contributed by atoms with E-state index in [9.17, 15) is 4.79 Å². The molecule has 3 unspecified atom stereocenters. The van der Waals surface area contributed by atoms with E-state index in [1.54, 1.807) is 0 Å². The van der Waals surface area contributed by atoms with Crippen molar-refractivity contribution < 1.29 is 15.0 Å². The van der Waals surface area contributed by atoms with E-state index in [1.165, 1.54) is 0 Å². The largest absolute Gasteiger partial charge is 0.480 e. The first-order valence-electron chi connectivity index (χ1n) is 3.98. The summed E-state index contributed by atoms with van der Waals surface area (Å²) in [6.07, 6.45) is 0.656. The van der Waals surface area contributed by atoms with Gasteiger partial charge in [-0.05, 0) is 12.3 Å². The van der Waals surface area contributed by atoms with Crippen LogP contribution in [0.1, 0.15) is 13.3 Å². The molecule has 1 heterocycles. The lowest BCUT2D eigenvalue weighted by molar-refractivity contribution is -0.140. The second kappa shape index (κ2) is 3.84. The van der Waals surface area contributed by atoms with Crippen LogP contribution in [0.5, 0.6) is 0 Å². The van der Waals surface area contributed by atoms with E-state index in [-0.39, 0.29) is 18.8 Å². The Hall–Kier alpha value is -0.650. The monoisotopic (exact) mass is 174 g/mol. The molecule has 0 saturated carbocycles. The highest BCUT2D eigenvalue weighted by Crippen LogP contribution is 2.18. The highest BCUT2D eigenvalue weighted by atomic mass is 16.4. The minimum atomic E-state index is -0.829. The molecule has 0 amide bonds. The number of rotatable bonds is 3. The quantitative estimate of drug-likeness (QED) is 0.410. The van der Waals surface area contributed by atoms with Crippen LogP contribution in [0.3, 0.4) is 0 Å². The van der Waals surface area contributed by atoms with Crippen molar-refractivity contribution in [2.24, 2.45) is 5.92 Å². The highest BCUT2D eigenvalue weighted by Gasteiger charge is 2.34. The third-order valence-corrected chi connectivity index (χ3v) is 2.16. The van der Waals surface area contributed by atoms with Gasteiger partial charge in [-0.1, -0.05) is 6.92 Å². The molecule has 1 rings (SSSR count). The van der Waals surface area contributed by atoms with Gasteiger partial charge < -0.3 is 10.2 Å². The van der Waals surface area contributed by atoms with Gasteiger partial charge in [0.1, 0.15) is 6.04 Å². The number of aliphatic carboxylic acids is 1. The van der Waals surface area contributed by atoms with Crippen molar-refractivity contribution in [1.82, 2.24) is 10.6 Å². The first kappa shape index (κ1) is 9.44. The Morgan fingerprint density at radius 3 is 2.83 bits per heavy atom. The first-order valence-corrected chi connectivity index (χ1v) is 3.98. The molecule has 1 aliphatic rings. The van der Waals surface area contributed by atoms with Gasteiger partial charge in [0.25, 0.3) is 0 Å². The fourth-order valence-corrected chi connectivity index (χ4v) is 1.52. The number of hydrogen-bond donors (Lipinski definition) is 4. The van der Waals surface area contributed by atoms with Crippen molar-refractivity contribution in [3.8, 4) is 0 Å². The van der Waals surface area contributed by atoms with Crippen LogP contribution in [0, 0.1) is 5.92 Å². The lowest BCUT2D eigenvalue weighted by Crippen LogP contribution is -2.44. The third kappa shape index (κ3) is 1.94. The number of aliphatic hydroxyl groups excluding tert-OH is 1. The molecule has 0 aromatic heterocycles. The Kier molecular flexibility index (Phi) is 3.02. The van der Waals surface area contributed by atoms with Crippen LogP contribution < -0.4 is 10.6 Å². The zero-order valence-electron chi connectivity index (χ0n) is 6.95. The van der Waals surface area contributed by atoms with Crippen molar-refractivity contribution in [2.75, 3.05) is 6.73 Å². The first-order chi connectivity index (χ1) is 5.65. The second-order valence-corrected chi connectivity index (χ2v) is 3.11. The van der Waals surface area contributed by atoms with Crippen LogP contribution in [-0.2, 0) is 4.79 Å². The van der Waals surface area contributed by atoms with Gasteiger partial charge in [-0.3, -0.25) is 15.4 Å². The molecule has 1 saturated heterocycles. The Balaban J connectivity index is 2.44. The average Bonchev–Trinajstić information content (AvgIpc) is 2.32. The van der Waals surface area contributed by atoms with Gasteiger partial charge in [-0.25, -0.2) is 0 Å². The number of carbonyl (C=O) groups is 1. The summed E-state index contributed by atoms with van der Waals surface area (Å²) in [7, 11) is 0. The van der Waals surface area contributed by atoms with Gasteiger partial charge in [-0.2, -0.15) is 0 Å². The topological polar surface area (TPSA) is 81.6 Å². The number of hydrogen-bond acceptors (Lipinski definition) is 4. The molecule has 12 heavy (non-hydrogen) atoms. The maximum Gasteiger partial charge on any atom is 0.321 e. The molecular formula is C7H14N2O3. The number of carboxylic acids is 1. The summed E-state index contributed by atoms with van der Waals surface area (Å²) in [6, 6.07) is -0.492. The SMILES string of the molecule is CC1CC(NCO)NC1C(=O)O. The molecule has 70 valence electrons. The van der Waals surface area contributed by atoms with Crippen molar-refractivity contribution in [1.29, 1.82) is 0 Å². The molecule has 4 N–H and O–H groups in total. The zero-order chi connectivity index (χ0) is 9.14. The summed E-state index contributed by atoms with van der Waals surface area (Å²) >= 11 is 0. The van der Waals surface area contributed by atoms with Crippen LogP contribution in [0.2, 0.25) is 0 Å². The van der Waals surface area contributed by atoms with Crippen molar-refractivity contribution >= 4 is 5.97 Å². The molecule has 0 aromatic rings. The molecule has 0 radical (unpaired) electrons. The maximum atomic E-state index is 10.6. The molecule has 1 aliphatic heterocycles. The Morgan fingerprint density at radius 2 is 2.42 bits per heavy atom. The molecule has 0 aliphatic carbocycles. The summed E-state index contributed by atoms with van der Waals surface area (Å²) in [5, 5.41) is 22.9. The van der Waals surface area contributed by atoms with E-state index < -0.39 is 12.0 Å². The summed E-state index contributed by atoms with van der Waals surface area (Å²) in [4.78, 5) is 10.6. The molecule has 0 bridgehead atoms. The predicted molar refractivity (Wildman–Crippen MR) is 42.3 cm³/mol. The number of aliphatic hydroxyl groups is 1. The van der Waals surface area contributed by atoms with Crippen molar-refractivity contribution in [3.05, 3.63) is 0 Å². The van der Waals surface area contributed by atoms with E-state index in [0.717, 1.165) is 6.42 Å². The lowest BCUT2D eigenvalue weighted by Gasteiger charge is -2.11. The van der Waals surface area contributed by atoms with Crippen LogP contribution in [0.4, 0.5) is 0 Å². The standard InChI is InChI=1S/C7H14N2O3/c1-4-2-5(8-3-10)9-6(4)7(11)12/h4-6,8-10H,2-3H2,1H3,(H,11,12). The van der Waals surface area contributed by atoms with E-state index in [0.29, 0.717) is 0 Å². The minimum absolute atomic E-state index is 0.0777. The lowest BCUT2D eigenvalue weighted by atomic mass is 10.0. The number of nitrogens with one attached hydrogen (secondary N) is 2. The molecule has 0 spiro atoms. The maximum absolute atomic E-state index is 10.6. The normalized spacial score (nSPS) is 35.3. The summed E-state index contributed by atoms with van der Waals surface area (Å²) in [6.45, 7) is 1.75. The molecule has 3 atom stereocenters. The minimum Gasteiger partial charge on any atom is -0.480 e. The van der Waals surface area contributed by atoms with Crippen LogP contribution in [0.25, 0.3) is 0 Å². The highest BCUT2D eigenvalue weighted by molar-refractivity contribution is 5.74. The van der Waals surface area contributed by atoms with Crippen LogP contribution >= 0.6 is 0 Å². The molecule has 5 heteroatoms. The summed E-state index contributed by atoms with van der Waals surface area (Å²) in [5.41, 5.74) is 0. The fraction of sp³-hybridized carbons (Fsp3) is 0.857. The predicted octanol–water partition coefficient (Wildman–Crippen LogP) is -1.07. The smallest absolute Gasteiger partial charge is 0.321 e. The van der Waals surface area contributed by atoms with Gasteiger partial charge in [-0.15, -0.1) is 0 Å². The average molecular weight is 174 g/mol. The molecule has 1 fully saturated rings.